The van der Waals surface area contributed by atoms with Crippen molar-refractivity contribution in [2.24, 2.45) is 0 Å². The van der Waals surface area contributed by atoms with E-state index >= 15 is 0 Å². The fraction of sp³-hybridized carbons (Fsp3) is 0.125. The van der Waals surface area contributed by atoms with Crippen LogP contribution in [0.15, 0.2) is 67.1 Å². The number of nitrogens with zero attached hydrogens (tertiary/aromatic N) is 2. The molecule has 0 saturated heterocycles. The van der Waals surface area contributed by atoms with Crippen LogP contribution in [0.3, 0.4) is 0 Å². The zero-order chi connectivity index (χ0) is 21.8. The molecule has 7 heteroatoms. The second kappa shape index (κ2) is 9.02. The SMILES string of the molecule is COc1ccc2c(Oc3cccc(C(=O)NCc4ccncc4Cl)c3C)ccnc2c1. The van der Waals surface area contributed by atoms with Crippen LogP contribution in [0, 0.1) is 6.92 Å². The molecule has 156 valence electrons. The summed E-state index contributed by atoms with van der Waals surface area (Å²) in [6.07, 6.45) is 4.88. The van der Waals surface area contributed by atoms with E-state index in [1.807, 2.05) is 31.2 Å². The van der Waals surface area contributed by atoms with Crippen molar-refractivity contribution in [2.45, 2.75) is 13.5 Å². The number of ether oxygens (including phenoxy) is 2. The maximum Gasteiger partial charge on any atom is 0.251 e. The van der Waals surface area contributed by atoms with Gasteiger partial charge in [0, 0.05) is 47.7 Å². The Hall–Kier alpha value is -3.64. The molecular weight excluding hydrogens is 414 g/mol. The Morgan fingerprint density at radius 1 is 1.10 bits per heavy atom. The third-order valence-electron chi connectivity index (χ3n) is 4.95. The first-order chi connectivity index (χ1) is 15.1. The van der Waals surface area contributed by atoms with Gasteiger partial charge in [0.05, 0.1) is 17.6 Å². The molecule has 1 amide bonds. The number of benzene rings is 2. The third-order valence-corrected chi connectivity index (χ3v) is 5.29. The van der Waals surface area contributed by atoms with Crippen molar-refractivity contribution in [1.82, 2.24) is 15.3 Å². The molecule has 4 rings (SSSR count). The molecule has 0 aliphatic carbocycles. The highest BCUT2D eigenvalue weighted by Crippen LogP contribution is 2.33. The lowest BCUT2D eigenvalue weighted by atomic mass is 10.1. The van der Waals surface area contributed by atoms with Crippen LogP contribution in [0.25, 0.3) is 10.9 Å². The fourth-order valence-electron chi connectivity index (χ4n) is 3.23. The van der Waals surface area contributed by atoms with E-state index in [9.17, 15) is 4.79 Å². The number of fused-ring (bicyclic) bond motifs is 1. The van der Waals surface area contributed by atoms with E-state index in [0.717, 1.165) is 27.8 Å². The Morgan fingerprint density at radius 2 is 1.97 bits per heavy atom. The summed E-state index contributed by atoms with van der Waals surface area (Å²) in [4.78, 5) is 21.1. The number of amides is 1. The number of methoxy groups -OCH3 is 1. The predicted octanol–water partition coefficient (Wildman–Crippen LogP) is 5.32. The molecule has 0 atom stereocenters. The molecule has 0 aliphatic rings. The van der Waals surface area contributed by atoms with Crippen LogP contribution in [0.4, 0.5) is 0 Å². The number of hydrogen-bond donors (Lipinski definition) is 1. The van der Waals surface area contributed by atoms with Crippen molar-refractivity contribution in [3.05, 3.63) is 88.8 Å². The van der Waals surface area contributed by atoms with Crippen LogP contribution >= 0.6 is 11.6 Å². The first-order valence-electron chi connectivity index (χ1n) is 9.63. The van der Waals surface area contributed by atoms with Gasteiger partial charge in [0.25, 0.3) is 5.91 Å². The molecule has 2 aromatic carbocycles. The molecular formula is C24H20ClN3O3. The lowest BCUT2D eigenvalue weighted by Gasteiger charge is -2.14. The van der Waals surface area contributed by atoms with Crippen LogP contribution < -0.4 is 14.8 Å². The fourth-order valence-corrected chi connectivity index (χ4v) is 3.41. The van der Waals surface area contributed by atoms with Crippen LogP contribution in [-0.2, 0) is 6.54 Å². The number of carbonyl (C=O) groups is 1. The van der Waals surface area contributed by atoms with E-state index in [1.54, 1.807) is 50.0 Å². The molecule has 2 heterocycles. The largest absolute Gasteiger partial charge is 0.497 e. The molecule has 4 aromatic rings. The van der Waals surface area contributed by atoms with Gasteiger partial charge < -0.3 is 14.8 Å². The van der Waals surface area contributed by atoms with E-state index in [0.29, 0.717) is 28.6 Å². The monoisotopic (exact) mass is 433 g/mol. The molecule has 0 bridgehead atoms. The topological polar surface area (TPSA) is 73.3 Å². The van der Waals surface area contributed by atoms with Gasteiger partial charge in [-0.1, -0.05) is 17.7 Å². The van der Waals surface area contributed by atoms with Gasteiger partial charge in [-0.15, -0.1) is 0 Å². The van der Waals surface area contributed by atoms with E-state index in [1.165, 1.54) is 0 Å². The van der Waals surface area contributed by atoms with Crippen LogP contribution in [0.5, 0.6) is 17.2 Å². The Bertz CT molecular complexity index is 1260. The second-order valence-electron chi connectivity index (χ2n) is 6.87. The van der Waals surface area contributed by atoms with Gasteiger partial charge in [-0.25, -0.2) is 0 Å². The normalized spacial score (nSPS) is 10.7. The van der Waals surface area contributed by atoms with Gasteiger partial charge >= 0.3 is 0 Å². The number of aromatic nitrogens is 2. The van der Waals surface area contributed by atoms with Crippen molar-refractivity contribution in [2.75, 3.05) is 7.11 Å². The van der Waals surface area contributed by atoms with Gasteiger partial charge in [-0.2, -0.15) is 0 Å². The van der Waals surface area contributed by atoms with Crippen LogP contribution in [0.1, 0.15) is 21.5 Å². The third kappa shape index (κ3) is 4.44. The van der Waals surface area contributed by atoms with Crippen molar-refractivity contribution in [3.63, 3.8) is 0 Å². The van der Waals surface area contributed by atoms with Gasteiger partial charge in [-0.05, 0) is 48.9 Å². The number of nitrogens with one attached hydrogen (secondary N) is 1. The Morgan fingerprint density at radius 3 is 2.77 bits per heavy atom. The first kappa shape index (κ1) is 20.6. The lowest BCUT2D eigenvalue weighted by molar-refractivity contribution is 0.0950. The lowest BCUT2D eigenvalue weighted by Crippen LogP contribution is -2.23. The van der Waals surface area contributed by atoms with Gasteiger partial charge in [0.2, 0.25) is 0 Å². The highest BCUT2D eigenvalue weighted by molar-refractivity contribution is 6.31. The van der Waals surface area contributed by atoms with Crippen LogP contribution in [-0.4, -0.2) is 23.0 Å². The highest BCUT2D eigenvalue weighted by atomic mass is 35.5. The zero-order valence-corrected chi connectivity index (χ0v) is 17.8. The van der Waals surface area contributed by atoms with Gasteiger partial charge in [-0.3, -0.25) is 14.8 Å². The molecule has 0 spiro atoms. The van der Waals surface area contributed by atoms with Crippen molar-refractivity contribution in [3.8, 4) is 17.2 Å². The quantitative estimate of drug-likeness (QED) is 0.445. The summed E-state index contributed by atoms with van der Waals surface area (Å²) in [6.45, 7) is 2.16. The average molecular weight is 434 g/mol. The van der Waals surface area contributed by atoms with E-state index in [2.05, 4.69) is 15.3 Å². The number of carbonyl (C=O) groups excluding carboxylic acids is 1. The molecule has 1 N–H and O–H groups in total. The molecule has 6 nitrogen and oxygen atoms in total. The summed E-state index contributed by atoms with van der Waals surface area (Å²) < 4.78 is 11.4. The minimum absolute atomic E-state index is 0.208. The molecule has 0 aliphatic heterocycles. The number of hydrogen-bond acceptors (Lipinski definition) is 5. The predicted molar refractivity (Wildman–Crippen MR) is 120 cm³/mol. The molecule has 0 saturated carbocycles. The number of rotatable bonds is 6. The summed E-state index contributed by atoms with van der Waals surface area (Å²) in [5.74, 6) is 1.76. The van der Waals surface area contributed by atoms with E-state index in [-0.39, 0.29) is 5.91 Å². The molecule has 31 heavy (non-hydrogen) atoms. The Labute approximate surface area is 184 Å². The highest BCUT2D eigenvalue weighted by Gasteiger charge is 2.14. The van der Waals surface area contributed by atoms with E-state index < -0.39 is 0 Å². The minimum atomic E-state index is -0.208. The number of halogens is 1. The second-order valence-corrected chi connectivity index (χ2v) is 7.28. The number of pyridine rings is 2. The Kier molecular flexibility index (Phi) is 6.00. The molecule has 0 fully saturated rings. The van der Waals surface area contributed by atoms with Gasteiger partial charge in [0.15, 0.2) is 0 Å². The average Bonchev–Trinajstić information content (AvgIpc) is 2.79. The zero-order valence-electron chi connectivity index (χ0n) is 17.1. The van der Waals surface area contributed by atoms with Crippen molar-refractivity contribution in [1.29, 1.82) is 0 Å². The van der Waals surface area contributed by atoms with Gasteiger partial charge in [0.1, 0.15) is 17.2 Å². The summed E-state index contributed by atoms with van der Waals surface area (Å²) in [6, 6.07) is 14.6. The Balaban J connectivity index is 1.57. The van der Waals surface area contributed by atoms with E-state index in [4.69, 9.17) is 21.1 Å². The smallest absolute Gasteiger partial charge is 0.251 e. The van der Waals surface area contributed by atoms with Crippen LogP contribution in [0.2, 0.25) is 5.02 Å². The standard InChI is InChI=1S/C24H20ClN3O3/c1-15-18(24(29)28-13-16-8-10-26-14-20(16)25)4-3-5-22(15)31-23-9-11-27-21-12-17(30-2)6-7-19(21)23/h3-12,14H,13H2,1-2H3,(H,28,29). The van der Waals surface area contributed by atoms with Crippen molar-refractivity contribution < 1.29 is 14.3 Å². The molecule has 2 aromatic heterocycles. The summed E-state index contributed by atoms with van der Waals surface area (Å²) in [7, 11) is 1.62. The molecule has 0 unspecified atom stereocenters. The summed E-state index contributed by atoms with van der Waals surface area (Å²) in [5.41, 5.74) is 2.83. The summed E-state index contributed by atoms with van der Waals surface area (Å²) >= 11 is 6.12. The molecule has 0 radical (unpaired) electrons. The minimum Gasteiger partial charge on any atom is -0.497 e. The van der Waals surface area contributed by atoms with Crippen molar-refractivity contribution >= 4 is 28.4 Å². The summed E-state index contributed by atoms with van der Waals surface area (Å²) in [5, 5.41) is 4.26. The first-order valence-corrected chi connectivity index (χ1v) is 10.0. The maximum atomic E-state index is 12.8. The maximum absolute atomic E-state index is 12.8.